The van der Waals surface area contributed by atoms with E-state index in [2.05, 4.69) is 11.9 Å². The third-order valence-electron chi connectivity index (χ3n) is 3.39. The number of nitrogens with zero attached hydrogens (tertiary/aromatic N) is 1. The molecule has 0 spiro atoms. The van der Waals surface area contributed by atoms with Crippen molar-refractivity contribution in [1.29, 1.82) is 0 Å². The quantitative estimate of drug-likeness (QED) is 0.851. The predicted molar refractivity (Wildman–Crippen MR) is 65.3 cm³/mol. The van der Waals surface area contributed by atoms with Crippen molar-refractivity contribution in [3.05, 3.63) is 18.3 Å². The minimum atomic E-state index is 0.327. The van der Waals surface area contributed by atoms with Gasteiger partial charge in [0, 0.05) is 18.0 Å². The van der Waals surface area contributed by atoms with Crippen LogP contribution in [0.15, 0.2) is 18.3 Å². The lowest BCUT2D eigenvalue weighted by Gasteiger charge is -2.30. The standard InChI is InChI=1S/C13H20N2O/c1-2-10-5-3-4-6-12(10)16-13-9-11(14)7-8-15-13/h7-10,12H,2-6H2,1H3,(H2,14,15). The van der Waals surface area contributed by atoms with E-state index >= 15 is 0 Å². The molecule has 1 heterocycles. The highest BCUT2D eigenvalue weighted by Crippen LogP contribution is 2.30. The Morgan fingerprint density at radius 3 is 3.00 bits per heavy atom. The van der Waals surface area contributed by atoms with Crippen LogP contribution in [0.4, 0.5) is 5.69 Å². The zero-order valence-corrected chi connectivity index (χ0v) is 9.86. The molecule has 0 radical (unpaired) electrons. The summed E-state index contributed by atoms with van der Waals surface area (Å²) in [5.74, 6) is 1.35. The van der Waals surface area contributed by atoms with E-state index in [1.54, 1.807) is 18.3 Å². The number of rotatable bonds is 3. The topological polar surface area (TPSA) is 48.1 Å². The summed E-state index contributed by atoms with van der Waals surface area (Å²) in [6, 6.07) is 3.59. The molecule has 1 saturated carbocycles. The first-order valence-corrected chi connectivity index (χ1v) is 6.17. The highest BCUT2D eigenvalue weighted by Gasteiger charge is 2.25. The maximum atomic E-state index is 5.95. The van der Waals surface area contributed by atoms with Crippen molar-refractivity contribution in [3.8, 4) is 5.88 Å². The van der Waals surface area contributed by atoms with Crippen molar-refractivity contribution in [2.75, 3.05) is 5.73 Å². The molecule has 3 heteroatoms. The molecule has 2 atom stereocenters. The van der Waals surface area contributed by atoms with E-state index in [0.29, 0.717) is 23.6 Å². The molecule has 16 heavy (non-hydrogen) atoms. The molecule has 2 unspecified atom stereocenters. The summed E-state index contributed by atoms with van der Waals surface area (Å²) in [4.78, 5) is 4.20. The smallest absolute Gasteiger partial charge is 0.215 e. The third-order valence-corrected chi connectivity index (χ3v) is 3.39. The van der Waals surface area contributed by atoms with Gasteiger partial charge in [0.2, 0.25) is 5.88 Å². The van der Waals surface area contributed by atoms with Crippen molar-refractivity contribution in [3.63, 3.8) is 0 Å². The number of ether oxygens (including phenoxy) is 1. The van der Waals surface area contributed by atoms with E-state index in [9.17, 15) is 0 Å². The SMILES string of the molecule is CCC1CCCCC1Oc1cc(N)ccn1. The number of hydrogen-bond acceptors (Lipinski definition) is 3. The van der Waals surface area contributed by atoms with Gasteiger partial charge in [-0.25, -0.2) is 4.98 Å². The molecular formula is C13H20N2O. The molecule has 2 rings (SSSR count). The molecule has 3 nitrogen and oxygen atoms in total. The maximum Gasteiger partial charge on any atom is 0.215 e. The average Bonchev–Trinajstić information content (AvgIpc) is 2.30. The monoisotopic (exact) mass is 220 g/mol. The molecule has 1 aliphatic carbocycles. The Morgan fingerprint density at radius 1 is 1.44 bits per heavy atom. The van der Waals surface area contributed by atoms with Crippen LogP contribution >= 0.6 is 0 Å². The molecule has 1 aromatic heterocycles. The van der Waals surface area contributed by atoms with Crippen LogP contribution in [0.1, 0.15) is 39.0 Å². The zero-order valence-electron chi connectivity index (χ0n) is 9.86. The second-order valence-corrected chi connectivity index (χ2v) is 4.54. The normalized spacial score (nSPS) is 25.3. The Hall–Kier alpha value is -1.25. The first kappa shape index (κ1) is 11.2. The van der Waals surface area contributed by atoms with Crippen molar-refractivity contribution >= 4 is 5.69 Å². The van der Waals surface area contributed by atoms with Gasteiger partial charge < -0.3 is 10.5 Å². The average molecular weight is 220 g/mol. The van der Waals surface area contributed by atoms with Gasteiger partial charge in [0.25, 0.3) is 0 Å². The second kappa shape index (κ2) is 5.19. The van der Waals surface area contributed by atoms with Crippen LogP contribution in [0.5, 0.6) is 5.88 Å². The van der Waals surface area contributed by atoms with Crippen LogP contribution in [-0.2, 0) is 0 Å². The highest BCUT2D eigenvalue weighted by molar-refractivity contribution is 5.39. The lowest BCUT2D eigenvalue weighted by molar-refractivity contribution is 0.0859. The van der Waals surface area contributed by atoms with Crippen LogP contribution in [0, 0.1) is 5.92 Å². The number of pyridine rings is 1. The predicted octanol–water partition coefficient (Wildman–Crippen LogP) is 3.01. The molecular weight excluding hydrogens is 200 g/mol. The van der Waals surface area contributed by atoms with Gasteiger partial charge in [0.05, 0.1) is 0 Å². The Morgan fingerprint density at radius 2 is 2.25 bits per heavy atom. The van der Waals surface area contributed by atoms with Crippen molar-refractivity contribution in [2.45, 2.75) is 45.1 Å². The molecule has 1 aliphatic rings. The summed E-state index contributed by atoms with van der Waals surface area (Å²) < 4.78 is 5.95. The van der Waals surface area contributed by atoms with E-state index in [1.165, 1.54) is 25.7 Å². The number of hydrogen-bond donors (Lipinski definition) is 1. The fourth-order valence-corrected chi connectivity index (χ4v) is 2.44. The van der Waals surface area contributed by atoms with E-state index < -0.39 is 0 Å². The Bertz CT molecular complexity index is 340. The zero-order chi connectivity index (χ0) is 11.4. The Labute approximate surface area is 97.0 Å². The van der Waals surface area contributed by atoms with Crippen LogP contribution in [0.2, 0.25) is 0 Å². The van der Waals surface area contributed by atoms with Gasteiger partial charge in [-0.15, -0.1) is 0 Å². The summed E-state index contributed by atoms with van der Waals surface area (Å²) in [5, 5.41) is 0. The van der Waals surface area contributed by atoms with Gasteiger partial charge in [-0.2, -0.15) is 0 Å². The Balaban J connectivity index is 2.02. The van der Waals surface area contributed by atoms with E-state index in [1.807, 2.05) is 0 Å². The van der Waals surface area contributed by atoms with Gasteiger partial charge in [0.15, 0.2) is 0 Å². The fourth-order valence-electron chi connectivity index (χ4n) is 2.44. The summed E-state index contributed by atoms with van der Waals surface area (Å²) in [6.07, 6.45) is 8.25. The molecule has 0 bridgehead atoms. The fraction of sp³-hybridized carbons (Fsp3) is 0.615. The summed E-state index contributed by atoms with van der Waals surface area (Å²) in [6.45, 7) is 2.24. The minimum Gasteiger partial charge on any atom is -0.474 e. The molecule has 88 valence electrons. The van der Waals surface area contributed by atoms with Crippen LogP contribution in [-0.4, -0.2) is 11.1 Å². The summed E-state index contributed by atoms with van der Waals surface area (Å²) in [5.41, 5.74) is 6.43. The van der Waals surface area contributed by atoms with E-state index in [-0.39, 0.29) is 0 Å². The lowest BCUT2D eigenvalue weighted by Crippen LogP contribution is -2.30. The van der Waals surface area contributed by atoms with Gasteiger partial charge in [0.1, 0.15) is 6.10 Å². The van der Waals surface area contributed by atoms with E-state index in [0.717, 1.165) is 6.42 Å². The number of aromatic nitrogens is 1. The third kappa shape index (κ3) is 2.65. The number of nitrogens with two attached hydrogens (primary N) is 1. The van der Waals surface area contributed by atoms with Gasteiger partial charge in [-0.05, 0) is 37.7 Å². The van der Waals surface area contributed by atoms with Crippen molar-refractivity contribution in [2.24, 2.45) is 5.92 Å². The van der Waals surface area contributed by atoms with Crippen LogP contribution < -0.4 is 10.5 Å². The maximum absolute atomic E-state index is 5.95. The molecule has 0 saturated heterocycles. The second-order valence-electron chi connectivity index (χ2n) is 4.54. The highest BCUT2D eigenvalue weighted by atomic mass is 16.5. The molecule has 2 N–H and O–H groups in total. The van der Waals surface area contributed by atoms with Crippen molar-refractivity contribution < 1.29 is 4.74 Å². The van der Waals surface area contributed by atoms with Crippen molar-refractivity contribution in [1.82, 2.24) is 4.98 Å². The number of nitrogen functional groups attached to an aromatic ring is 1. The summed E-state index contributed by atoms with van der Waals surface area (Å²) in [7, 11) is 0. The lowest BCUT2D eigenvalue weighted by atomic mass is 9.85. The molecule has 1 fully saturated rings. The van der Waals surface area contributed by atoms with Gasteiger partial charge in [-0.3, -0.25) is 0 Å². The first-order chi connectivity index (χ1) is 7.79. The first-order valence-electron chi connectivity index (χ1n) is 6.17. The molecule has 0 amide bonds. The Kier molecular flexibility index (Phi) is 3.65. The minimum absolute atomic E-state index is 0.327. The molecule has 1 aromatic rings. The van der Waals surface area contributed by atoms with Gasteiger partial charge in [-0.1, -0.05) is 13.3 Å². The number of anilines is 1. The van der Waals surface area contributed by atoms with Crippen LogP contribution in [0.25, 0.3) is 0 Å². The van der Waals surface area contributed by atoms with E-state index in [4.69, 9.17) is 10.5 Å². The largest absolute Gasteiger partial charge is 0.474 e. The van der Waals surface area contributed by atoms with Crippen LogP contribution in [0.3, 0.4) is 0 Å². The summed E-state index contributed by atoms with van der Waals surface area (Å²) >= 11 is 0. The van der Waals surface area contributed by atoms with Gasteiger partial charge >= 0.3 is 0 Å². The molecule has 0 aromatic carbocycles. The molecule has 0 aliphatic heterocycles.